The highest BCUT2D eigenvalue weighted by molar-refractivity contribution is 7.22. The van der Waals surface area contributed by atoms with Crippen LogP contribution in [0.5, 0.6) is 0 Å². The molecule has 5 rings (SSSR count). The number of ether oxygens (including phenoxy) is 1. The van der Waals surface area contributed by atoms with Crippen molar-refractivity contribution in [2.24, 2.45) is 5.92 Å². The highest BCUT2D eigenvalue weighted by Crippen LogP contribution is 2.39. The number of H-pyrrole nitrogens is 1. The summed E-state index contributed by atoms with van der Waals surface area (Å²) >= 11 is 1.25. The number of halogens is 5. The Balaban J connectivity index is 0.000000426. The van der Waals surface area contributed by atoms with Crippen LogP contribution in [0, 0.1) is 18.7 Å². The first-order valence-electron chi connectivity index (χ1n) is 10.7. The molecule has 1 aliphatic carbocycles. The number of nitrogens with zero attached hydrogens (tertiary/aromatic N) is 2. The molecule has 4 aromatic rings. The maximum Gasteiger partial charge on any atom is 0.490 e. The van der Waals surface area contributed by atoms with Crippen LogP contribution in [0.3, 0.4) is 0 Å². The van der Waals surface area contributed by atoms with Gasteiger partial charge >= 0.3 is 18.1 Å². The lowest BCUT2D eigenvalue weighted by Crippen LogP contribution is -2.21. The van der Waals surface area contributed by atoms with Crippen LogP contribution >= 0.6 is 11.3 Å². The zero-order valence-corrected chi connectivity index (χ0v) is 20.3. The van der Waals surface area contributed by atoms with E-state index in [4.69, 9.17) is 14.6 Å². The van der Waals surface area contributed by atoms with Crippen LogP contribution in [0.2, 0.25) is 0 Å². The van der Waals surface area contributed by atoms with Gasteiger partial charge in [0.1, 0.15) is 17.6 Å². The van der Waals surface area contributed by atoms with E-state index in [1.54, 1.807) is 19.1 Å². The number of aliphatic carboxylic acids is 1. The predicted molar refractivity (Wildman–Crippen MR) is 126 cm³/mol. The zero-order chi connectivity index (χ0) is 27.9. The van der Waals surface area contributed by atoms with Crippen molar-refractivity contribution < 1.29 is 46.2 Å². The molecule has 1 aliphatic rings. The minimum Gasteiger partial charge on any atom is -0.475 e. The standard InChI is InChI=1S/C21H16F2N4O3S.C2HF3O2/c1-8-15(11-7-24-27-18(11)16(17(8)23)20(29)30-2)9-3-4-13-14(5-9)31-21(25-13)26-19(28)10-6-12(10)22;3-2(4,5)1(6)7/h3-5,7,10,12H,6H2,1-2H3,(H,24,27)(H,25,26,28);(H,6,7)/t10-,12+;/m1./s1. The number of carboxylic acid groups (broad SMARTS) is 1. The highest BCUT2D eigenvalue weighted by Gasteiger charge is 2.44. The lowest BCUT2D eigenvalue weighted by Gasteiger charge is -2.12. The first kappa shape index (κ1) is 26.9. The number of aromatic amines is 1. The molecule has 2 aromatic carbocycles. The van der Waals surface area contributed by atoms with Gasteiger partial charge in [0.05, 0.1) is 35.0 Å². The van der Waals surface area contributed by atoms with Gasteiger partial charge in [-0.3, -0.25) is 9.89 Å². The normalized spacial score (nSPS) is 16.6. The summed E-state index contributed by atoms with van der Waals surface area (Å²) in [6.07, 6.45) is -4.38. The van der Waals surface area contributed by atoms with Crippen LogP contribution in [-0.2, 0) is 14.3 Å². The third-order valence-electron chi connectivity index (χ3n) is 5.67. The molecule has 15 heteroatoms. The number of methoxy groups -OCH3 is 1. The van der Waals surface area contributed by atoms with E-state index in [9.17, 15) is 27.2 Å². The van der Waals surface area contributed by atoms with E-state index in [2.05, 4.69) is 20.5 Å². The number of carbonyl (C=O) groups is 3. The Morgan fingerprint density at radius 2 is 1.92 bits per heavy atom. The van der Waals surface area contributed by atoms with E-state index < -0.39 is 36.0 Å². The smallest absolute Gasteiger partial charge is 0.475 e. The second kappa shape index (κ2) is 9.96. The van der Waals surface area contributed by atoms with E-state index in [1.165, 1.54) is 24.6 Å². The Bertz CT molecular complexity index is 1580. The van der Waals surface area contributed by atoms with Crippen molar-refractivity contribution in [1.82, 2.24) is 15.2 Å². The van der Waals surface area contributed by atoms with E-state index in [1.807, 2.05) is 6.07 Å². The molecule has 0 aliphatic heterocycles. The summed E-state index contributed by atoms with van der Waals surface area (Å²) in [5, 5.41) is 17.4. The third-order valence-corrected chi connectivity index (χ3v) is 6.60. The second-order valence-corrected chi connectivity index (χ2v) is 9.22. The Labute approximate surface area is 213 Å². The van der Waals surface area contributed by atoms with E-state index in [0.29, 0.717) is 27.2 Å². The molecule has 0 bridgehead atoms. The number of nitrogens with one attached hydrogen (secondary N) is 2. The molecule has 2 heterocycles. The zero-order valence-electron chi connectivity index (χ0n) is 19.4. The van der Waals surface area contributed by atoms with E-state index in [-0.39, 0.29) is 29.0 Å². The van der Waals surface area contributed by atoms with Crippen LogP contribution in [-0.4, -0.2) is 57.6 Å². The number of carboxylic acids is 1. The molecule has 1 saturated carbocycles. The highest BCUT2D eigenvalue weighted by atomic mass is 32.1. The average Bonchev–Trinajstić information content (AvgIpc) is 3.21. The van der Waals surface area contributed by atoms with Crippen molar-refractivity contribution in [1.29, 1.82) is 0 Å². The Morgan fingerprint density at radius 3 is 2.50 bits per heavy atom. The largest absolute Gasteiger partial charge is 0.490 e. The fraction of sp³-hybridized carbons (Fsp3) is 0.261. The SMILES string of the molecule is COC(=O)c1c(F)c(C)c(-c2ccc3nc(NC(=O)[C@@H]4C[C@@H]4F)sc3c2)c2cn[nH]c12.O=C(O)C(F)(F)F. The van der Waals surface area contributed by atoms with Gasteiger partial charge < -0.3 is 15.2 Å². The topological polar surface area (TPSA) is 134 Å². The first-order chi connectivity index (χ1) is 17.8. The number of anilines is 1. The fourth-order valence-corrected chi connectivity index (χ4v) is 4.62. The van der Waals surface area contributed by atoms with Crippen LogP contribution in [0.1, 0.15) is 22.3 Å². The summed E-state index contributed by atoms with van der Waals surface area (Å²) in [7, 11) is 1.19. The molecule has 2 atom stereocenters. The van der Waals surface area contributed by atoms with Crippen molar-refractivity contribution in [2.75, 3.05) is 12.4 Å². The summed E-state index contributed by atoms with van der Waals surface area (Å²) in [4.78, 5) is 37.4. The van der Waals surface area contributed by atoms with Crippen molar-refractivity contribution in [2.45, 2.75) is 25.7 Å². The number of aromatic nitrogens is 3. The maximum absolute atomic E-state index is 15.1. The molecular formula is C23H17F5N4O5S. The van der Waals surface area contributed by atoms with E-state index in [0.717, 1.165) is 4.70 Å². The lowest BCUT2D eigenvalue weighted by atomic mass is 9.93. The van der Waals surface area contributed by atoms with Crippen LogP contribution in [0.4, 0.5) is 27.1 Å². The van der Waals surface area contributed by atoms with Gasteiger partial charge in [-0.05, 0) is 42.2 Å². The minimum absolute atomic E-state index is 0.189. The molecule has 38 heavy (non-hydrogen) atoms. The van der Waals surface area contributed by atoms with Gasteiger partial charge in [0.2, 0.25) is 5.91 Å². The molecule has 0 radical (unpaired) electrons. The Kier molecular flexibility index (Phi) is 7.06. The molecule has 9 nitrogen and oxygen atoms in total. The lowest BCUT2D eigenvalue weighted by molar-refractivity contribution is -0.192. The summed E-state index contributed by atoms with van der Waals surface area (Å²) in [6, 6.07) is 5.39. The number of hydrogen-bond acceptors (Lipinski definition) is 7. The van der Waals surface area contributed by atoms with Gasteiger partial charge in [-0.25, -0.2) is 23.4 Å². The van der Waals surface area contributed by atoms with Gasteiger partial charge in [0.15, 0.2) is 5.13 Å². The van der Waals surface area contributed by atoms with Gasteiger partial charge in [-0.1, -0.05) is 17.4 Å². The van der Waals surface area contributed by atoms with Crippen molar-refractivity contribution in [3.8, 4) is 11.1 Å². The average molecular weight is 556 g/mol. The second-order valence-electron chi connectivity index (χ2n) is 8.19. The number of amides is 1. The van der Waals surface area contributed by atoms with Gasteiger partial charge in [-0.15, -0.1) is 0 Å². The van der Waals surface area contributed by atoms with Crippen molar-refractivity contribution in [3.05, 3.63) is 41.3 Å². The quantitative estimate of drug-likeness (QED) is 0.238. The monoisotopic (exact) mass is 556 g/mol. The van der Waals surface area contributed by atoms with Gasteiger partial charge in [0.25, 0.3) is 0 Å². The molecule has 0 spiro atoms. The number of fused-ring (bicyclic) bond motifs is 2. The maximum atomic E-state index is 15.1. The number of thiazole rings is 1. The first-order valence-corrected chi connectivity index (χ1v) is 11.5. The molecule has 0 unspecified atom stereocenters. The molecular weight excluding hydrogens is 539 g/mol. The molecule has 1 amide bonds. The molecule has 3 N–H and O–H groups in total. The van der Waals surface area contributed by atoms with Gasteiger partial charge in [0, 0.05) is 5.39 Å². The number of alkyl halides is 4. The third kappa shape index (κ3) is 5.14. The number of carbonyl (C=O) groups excluding carboxylic acids is 2. The molecule has 0 saturated heterocycles. The van der Waals surface area contributed by atoms with Crippen molar-refractivity contribution >= 4 is 55.4 Å². The molecule has 1 fully saturated rings. The fourth-order valence-electron chi connectivity index (χ4n) is 3.71. The van der Waals surface area contributed by atoms with Crippen molar-refractivity contribution in [3.63, 3.8) is 0 Å². The summed E-state index contributed by atoms with van der Waals surface area (Å²) in [5.41, 5.74) is 2.31. The van der Waals surface area contributed by atoms with Crippen LogP contribution < -0.4 is 5.32 Å². The minimum atomic E-state index is -5.08. The van der Waals surface area contributed by atoms with Crippen LogP contribution in [0.25, 0.3) is 32.2 Å². The number of hydrogen-bond donors (Lipinski definition) is 3. The summed E-state index contributed by atoms with van der Waals surface area (Å²) in [6.45, 7) is 1.59. The molecule has 200 valence electrons. The molecule has 2 aromatic heterocycles. The Hall–Kier alpha value is -4.14. The van der Waals surface area contributed by atoms with Gasteiger partial charge in [-0.2, -0.15) is 18.3 Å². The van der Waals surface area contributed by atoms with E-state index >= 15 is 4.39 Å². The summed E-state index contributed by atoms with van der Waals surface area (Å²) < 4.78 is 65.5. The number of benzene rings is 2. The summed E-state index contributed by atoms with van der Waals surface area (Å²) in [5.74, 6) is -5.20. The Morgan fingerprint density at radius 1 is 1.26 bits per heavy atom. The predicted octanol–water partition coefficient (Wildman–Crippen LogP) is 5.00. The number of rotatable bonds is 4. The number of esters is 1. The van der Waals surface area contributed by atoms with Crippen LogP contribution in [0.15, 0.2) is 24.4 Å².